The molecule has 0 bridgehead atoms. The van der Waals surface area contributed by atoms with Crippen LogP contribution in [0.4, 0.5) is 0 Å². The van der Waals surface area contributed by atoms with Crippen LogP contribution >= 0.6 is 0 Å². The van der Waals surface area contributed by atoms with Crippen molar-refractivity contribution in [2.24, 2.45) is 0 Å². The number of carbonyl (C=O) groups excluding carboxylic acids is 1. The van der Waals surface area contributed by atoms with E-state index in [0.717, 1.165) is 12.8 Å². The molecule has 0 fully saturated rings. The molecule has 0 aliphatic heterocycles. The van der Waals surface area contributed by atoms with Gasteiger partial charge in [0.05, 0.1) is 12.7 Å². The van der Waals surface area contributed by atoms with Crippen molar-refractivity contribution in [2.75, 3.05) is 20.3 Å². The Balaban J connectivity index is 3.18. The minimum Gasteiger partial charge on any atom is -0.394 e. The molecular weight excluding hydrogens is 326 g/mol. The highest BCUT2D eigenvalue weighted by atomic mass is 16.5. The van der Waals surface area contributed by atoms with Crippen molar-refractivity contribution < 1.29 is 14.6 Å². The van der Waals surface area contributed by atoms with Crippen molar-refractivity contribution in [1.29, 1.82) is 0 Å². The summed E-state index contributed by atoms with van der Waals surface area (Å²) in [6, 6.07) is 0. The highest BCUT2D eigenvalue weighted by Gasteiger charge is 2.07. The smallest absolute Gasteiger partial charge is 0.220 e. The molecule has 2 N–H and O–H groups in total. The molecule has 0 heterocycles. The summed E-state index contributed by atoms with van der Waals surface area (Å²) in [7, 11) is 1.54. The molecule has 4 heteroatoms. The van der Waals surface area contributed by atoms with E-state index in [-0.39, 0.29) is 18.6 Å². The molecule has 1 amide bonds. The fourth-order valence-electron chi connectivity index (χ4n) is 3.20. The second-order valence-corrected chi connectivity index (χ2v) is 7.54. The molecule has 0 spiro atoms. The van der Waals surface area contributed by atoms with E-state index in [4.69, 9.17) is 9.84 Å². The van der Waals surface area contributed by atoms with Crippen LogP contribution in [0.1, 0.15) is 110 Å². The number of aliphatic hydroxyl groups is 1. The molecule has 0 radical (unpaired) electrons. The molecule has 1 atom stereocenters. The lowest BCUT2D eigenvalue weighted by Gasteiger charge is -2.12. The number of unbranched alkanes of at least 4 members (excludes halogenated alkanes) is 14. The third-order valence-corrected chi connectivity index (χ3v) is 5.07. The van der Waals surface area contributed by atoms with Gasteiger partial charge >= 0.3 is 0 Å². The fourth-order valence-corrected chi connectivity index (χ4v) is 3.20. The van der Waals surface area contributed by atoms with Gasteiger partial charge in [0, 0.05) is 20.1 Å². The van der Waals surface area contributed by atoms with Gasteiger partial charge in [-0.15, -0.1) is 0 Å². The van der Waals surface area contributed by atoms with Crippen molar-refractivity contribution in [2.45, 2.75) is 116 Å². The first-order valence-electron chi connectivity index (χ1n) is 11.1. The van der Waals surface area contributed by atoms with Crippen LogP contribution in [0, 0.1) is 0 Å². The number of amides is 1. The lowest BCUT2D eigenvalue weighted by atomic mass is 10.0. The number of carbonyl (C=O) groups is 1. The van der Waals surface area contributed by atoms with Crippen LogP contribution in [-0.4, -0.2) is 37.4 Å². The number of methoxy groups -OCH3 is 1. The van der Waals surface area contributed by atoms with Crippen LogP contribution in [0.3, 0.4) is 0 Å². The summed E-state index contributed by atoms with van der Waals surface area (Å²) >= 11 is 0. The van der Waals surface area contributed by atoms with Gasteiger partial charge in [0.1, 0.15) is 0 Å². The standard InChI is InChI=1S/C22H45NO3/c1-3-4-5-6-7-8-9-10-11-12-13-14-15-16-17-18-22(25)23-19-21(20-24)26-2/h21,24H,3-20H2,1-2H3,(H,23,25). The predicted octanol–water partition coefficient (Wildman–Crippen LogP) is 5.37. The average Bonchev–Trinajstić information content (AvgIpc) is 2.65. The molecule has 26 heavy (non-hydrogen) atoms. The van der Waals surface area contributed by atoms with Gasteiger partial charge in [0.25, 0.3) is 0 Å². The zero-order chi connectivity index (χ0) is 19.3. The van der Waals surface area contributed by atoms with Gasteiger partial charge in [0.15, 0.2) is 0 Å². The van der Waals surface area contributed by atoms with Gasteiger partial charge in [0.2, 0.25) is 5.91 Å². The number of nitrogens with one attached hydrogen (secondary N) is 1. The van der Waals surface area contributed by atoms with Gasteiger partial charge in [-0.3, -0.25) is 4.79 Å². The number of aliphatic hydroxyl groups excluding tert-OH is 1. The number of hydrogen-bond donors (Lipinski definition) is 2. The molecule has 4 nitrogen and oxygen atoms in total. The van der Waals surface area contributed by atoms with E-state index in [1.54, 1.807) is 7.11 Å². The number of rotatable bonds is 20. The molecule has 0 aromatic rings. The minimum absolute atomic E-state index is 0.0598. The normalized spacial score (nSPS) is 12.3. The monoisotopic (exact) mass is 371 g/mol. The molecule has 0 aromatic heterocycles. The van der Waals surface area contributed by atoms with E-state index in [1.165, 1.54) is 83.5 Å². The Bertz CT molecular complexity index is 293. The first kappa shape index (κ1) is 25.4. The lowest BCUT2D eigenvalue weighted by Crippen LogP contribution is -2.34. The Morgan fingerprint density at radius 2 is 1.23 bits per heavy atom. The van der Waals surface area contributed by atoms with Crippen molar-refractivity contribution in [3.63, 3.8) is 0 Å². The van der Waals surface area contributed by atoms with Crippen molar-refractivity contribution in [3.05, 3.63) is 0 Å². The second-order valence-electron chi connectivity index (χ2n) is 7.54. The Morgan fingerprint density at radius 3 is 1.62 bits per heavy atom. The SMILES string of the molecule is CCCCCCCCCCCCCCCCCC(=O)NCC(CO)OC. The van der Waals surface area contributed by atoms with Gasteiger partial charge in [-0.25, -0.2) is 0 Å². The van der Waals surface area contributed by atoms with Crippen LogP contribution in [0.5, 0.6) is 0 Å². The molecule has 0 aromatic carbocycles. The maximum Gasteiger partial charge on any atom is 0.220 e. The topological polar surface area (TPSA) is 58.6 Å². The summed E-state index contributed by atoms with van der Waals surface area (Å²) < 4.78 is 5.02. The van der Waals surface area contributed by atoms with Gasteiger partial charge < -0.3 is 15.2 Å². The maximum atomic E-state index is 11.7. The van der Waals surface area contributed by atoms with Gasteiger partial charge in [-0.1, -0.05) is 96.8 Å². The fraction of sp³-hybridized carbons (Fsp3) is 0.955. The molecule has 0 aliphatic carbocycles. The van der Waals surface area contributed by atoms with E-state index in [2.05, 4.69) is 12.2 Å². The van der Waals surface area contributed by atoms with Crippen molar-refractivity contribution in [1.82, 2.24) is 5.32 Å². The summed E-state index contributed by atoms with van der Waals surface area (Å²) in [5, 5.41) is 11.8. The first-order chi connectivity index (χ1) is 12.7. The number of hydrogen-bond acceptors (Lipinski definition) is 3. The van der Waals surface area contributed by atoms with E-state index in [1.807, 2.05) is 0 Å². The third-order valence-electron chi connectivity index (χ3n) is 5.07. The quantitative estimate of drug-likeness (QED) is 0.283. The average molecular weight is 372 g/mol. The van der Waals surface area contributed by atoms with Crippen molar-refractivity contribution in [3.8, 4) is 0 Å². The molecule has 156 valence electrons. The van der Waals surface area contributed by atoms with E-state index >= 15 is 0 Å². The zero-order valence-corrected chi connectivity index (χ0v) is 17.6. The van der Waals surface area contributed by atoms with E-state index in [0.29, 0.717) is 13.0 Å². The van der Waals surface area contributed by atoms with E-state index in [9.17, 15) is 4.79 Å². The van der Waals surface area contributed by atoms with Crippen LogP contribution in [0.25, 0.3) is 0 Å². The third kappa shape index (κ3) is 18.2. The minimum atomic E-state index is -0.292. The summed E-state index contributed by atoms with van der Waals surface area (Å²) in [6.45, 7) is 2.61. The largest absolute Gasteiger partial charge is 0.394 e. The first-order valence-corrected chi connectivity index (χ1v) is 11.1. The Labute approximate surface area is 162 Å². The van der Waals surface area contributed by atoms with Crippen molar-refractivity contribution >= 4 is 5.91 Å². The zero-order valence-electron chi connectivity index (χ0n) is 17.6. The molecular formula is C22H45NO3. The van der Waals surface area contributed by atoms with Crippen LogP contribution in [0.15, 0.2) is 0 Å². The molecule has 0 saturated heterocycles. The van der Waals surface area contributed by atoms with Crippen LogP contribution in [-0.2, 0) is 9.53 Å². The van der Waals surface area contributed by atoms with E-state index < -0.39 is 0 Å². The summed E-state index contributed by atoms with van der Waals surface area (Å²) in [6.07, 6.45) is 20.3. The molecule has 1 unspecified atom stereocenters. The highest BCUT2D eigenvalue weighted by Crippen LogP contribution is 2.13. The molecule has 0 saturated carbocycles. The summed E-state index contributed by atoms with van der Waals surface area (Å²) in [4.78, 5) is 11.7. The molecule has 0 aliphatic rings. The lowest BCUT2D eigenvalue weighted by molar-refractivity contribution is -0.121. The van der Waals surface area contributed by atoms with Crippen LogP contribution in [0.2, 0.25) is 0 Å². The number of ether oxygens (including phenoxy) is 1. The maximum absolute atomic E-state index is 11.7. The summed E-state index contributed by atoms with van der Waals surface area (Å²) in [5.74, 6) is 0.0650. The predicted molar refractivity (Wildman–Crippen MR) is 110 cm³/mol. The van der Waals surface area contributed by atoms with Gasteiger partial charge in [-0.2, -0.15) is 0 Å². The summed E-state index contributed by atoms with van der Waals surface area (Å²) in [5.41, 5.74) is 0. The highest BCUT2D eigenvalue weighted by molar-refractivity contribution is 5.75. The van der Waals surface area contributed by atoms with Gasteiger partial charge in [-0.05, 0) is 6.42 Å². The Kier molecular flexibility index (Phi) is 20.2. The molecule has 0 rings (SSSR count). The second kappa shape index (κ2) is 20.7. The Hall–Kier alpha value is -0.610. The van der Waals surface area contributed by atoms with Crippen LogP contribution < -0.4 is 5.32 Å². The Morgan fingerprint density at radius 1 is 0.808 bits per heavy atom.